The average molecular weight is 475 g/mol. The molecule has 0 atom stereocenters. The number of aryl methyl sites for hydroxylation is 1. The summed E-state index contributed by atoms with van der Waals surface area (Å²) in [6, 6.07) is 8.03. The number of carbonyl (C=O) groups is 1. The van der Waals surface area contributed by atoms with Crippen molar-refractivity contribution in [2.24, 2.45) is 5.41 Å². The van der Waals surface area contributed by atoms with Crippen molar-refractivity contribution < 1.29 is 18.3 Å². The number of nitrogens with zero attached hydrogens (tertiary/aromatic N) is 2. The molecule has 10 heteroatoms. The number of aliphatic hydroxyl groups is 1. The van der Waals surface area contributed by atoms with Crippen molar-refractivity contribution in [3.05, 3.63) is 52.4 Å². The fraction of sp³-hybridized carbons (Fsp3) is 0.478. The number of hydrogen-bond acceptors (Lipinski definition) is 6. The molecule has 1 aliphatic carbocycles. The van der Waals surface area contributed by atoms with E-state index in [9.17, 15) is 18.0 Å². The van der Waals surface area contributed by atoms with Crippen LogP contribution in [0, 0.1) is 5.41 Å². The highest BCUT2D eigenvalue weighted by Gasteiger charge is 2.44. The summed E-state index contributed by atoms with van der Waals surface area (Å²) in [4.78, 5) is 27.9. The van der Waals surface area contributed by atoms with Gasteiger partial charge in [0.1, 0.15) is 5.69 Å². The summed E-state index contributed by atoms with van der Waals surface area (Å²) in [7, 11) is -3.70. The van der Waals surface area contributed by atoms with E-state index in [-0.39, 0.29) is 11.2 Å². The highest BCUT2D eigenvalue weighted by Crippen LogP contribution is 2.54. The Morgan fingerprint density at radius 3 is 2.52 bits per heavy atom. The number of nitrogens with one attached hydrogen (secondary N) is 2. The van der Waals surface area contributed by atoms with E-state index in [4.69, 9.17) is 5.11 Å². The smallest absolute Gasteiger partial charge is 0.274 e. The van der Waals surface area contributed by atoms with Crippen LogP contribution in [0.1, 0.15) is 43.0 Å². The quantitative estimate of drug-likeness (QED) is 0.540. The molecule has 4 rings (SSSR count). The number of aliphatic hydroxyl groups excluding tert-OH is 1. The number of anilines is 3. The van der Waals surface area contributed by atoms with Crippen molar-refractivity contribution in [1.29, 1.82) is 0 Å². The molecule has 1 aliphatic heterocycles. The SMILES string of the molecule is CCn1cccc(NC(=O)c2ccc(NS(=O)(=O)CCO)cc2N2CCC3(CC2)CC3)c1=O. The van der Waals surface area contributed by atoms with E-state index in [0.717, 1.165) is 25.9 Å². The molecule has 2 aliphatic rings. The third kappa shape index (κ3) is 5.22. The van der Waals surface area contributed by atoms with Gasteiger partial charge < -0.3 is 19.9 Å². The van der Waals surface area contributed by atoms with Gasteiger partial charge in [-0.2, -0.15) is 0 Å². The molecule has 1 saturated heterocycles. The molecule has 9 nitrogen and oxygen atoms in total. The summed E-state index contributed by atoms with van der Waals surface area (Å²) in [6.45, 7) is 3.42. The van der Waals surface area contributed by atoms with Crippen LogP contribution in [0.3, 0.4) is 0 Å². The highest BCUT2D eigenvalue weighted by molar-refractivity contribution is 7.92. The van der Waals surface area contributed by atoms with E-state index in [1.165, 1.54) is 23.5 Å². The van der Waals surface area contributed by atoms with Crippen LogP contribution in [-0.2, 0) is 16.6 Å². The van der Waals surface area contributed by atoms with Gasteiger partial charge in [-0.1, -0.05) is 0 Å². The molecule has 2 heterocycles. The Kier molecular flexibility index (Phi) is 6.49. The van der Waals surface area contributed by atoms with Crippen LogP contribution in [0.5, 0.6) is 0 Å². The fourth-order valence-electron chi connectivity index (χ4n) is 4.37. The van der Waals surface area contributed by atoms with Crippen molar-refractivity contribution in [2.75, 3.05) is 40.4 Å². The fourth-order valence-corrected chi connectivity index (χ4v) is 5.20. The lowest BCUT2D eigenvalue weighted by Crippen LogP contribution is -2.36. The Morgan fingerprint density at radius 2 is 1.88 bits per heavy atom. The Bertz CT molecular complexity index is 1190. The minimum Gasteiger partial charge on any atom is -0.395 e. The largest absolute Gasteiger partial charge is 0.395 e. The number of pyridine rings is 1. The molecular formula is C23H30N4O5S. The van der Waals surface area contributed by atoms with E-state index >= 15 is 0 Å². The van der Waals surface area contributed by atoms with Gasteiger partial charge in [0.05, 0.1) is 29.3 Å². The normalized spacial score (nSPS) is 17.1. The second-order valence-electron chi connectivity index (χ2n) is 8.83. The maximum atomic E-state index is 13.2. The number of rotatable bonds is 8. The molecule has 1 aromatic carbocycles. The molecule has 178 valence electrons. The van der Waals surface area contributed by atoms with Crippen LogP contribution in [0.2, 0.25) is 0 Å². The molecule has 3 N–H and O–H groups in total. The molecule has 1 aromatic heterocycles. The van der Waals surface area contributed by atoms with E-state index < -0.39 is 28.3 Å². The van der Waals surface area contributed by atoms with Crippen LogP contribution in [-0.4, -0.2) is 49.4 Å². The molecule has 2 fully saturated rings. The van der Waals surface area contributed by atoms with Gasteiger partial charge in [0, 0.05) is 25.8 Å². The molecule has 0 radical (unpaired) electrons. The maximum absolute atomic E-state index is 13.2. The number of piperidine rings is 1. The molecule has 33 heavy (non-hydrogen) atoms. The predicted octanol–water partition coefficient (Wildman–Crippen LogP) is 2.23. The number of carbonyl (C=O) groups excluding carboxylic acids is 1. The van der Waals surface area contributed by atoms with E-state index in [1.54, 1.807) is 30.5 Å². The lowest BCUT2D eigenvalue weighted by Gasteiger charge is -2.35. The summed E-state index contributed by atoms with van der Waals surface area (Å²) in [5, 5.41) is 11.7. The van der Waals surface area contributed by atoms with Crippen LogP contribution in [0.25, 0.3) is 0 Å². The van der Waals surface area contributed by atoms with Gasteiger partial charge in [-0.3, -0.25) is 14.3 Å². The van der Waals surface area contributed by atoms with Gasteiger partial charge in [0.25, 0.3) is 11.5 Å². The first-order chi connectivity index (χ1) is 15.8. The summed E-state index contributed by atoms with van der Waals surface area (Å²) in [5.74, 6) is -0.832. The monoisotopic (exact) mass is 474 g/mol. The first-order valence-corrected chi connectivity index (χ1v) is 12.9. The standard InChI is InChI=1S/C23H30N4O5S/c1-2-26-11-3-4-19(22(26)30)24-21(29)18-6-5-17(25-33(31,32)15-14-28)16-20(18)27-12-9-23(7-8-23)10-13-27/h3-6,11,16,25,28H,2,7-10,12-15H2,1H3,(H,24,29). The third-order valence-corrected chi connectivity index (χ3v) is 7.87. The number of amides is 1. The summed E-state index contributed by atoms with van der Waals surface area (Å²) >= 11 is 0. The summed E-state index contributed by atoms with van der Waals surface area (Å²) < 4.78 is 28.3. The van der Waals surface area contributed by atoms with Crippen LogP contribution in [0.15, 0.2) is 41.3 Å². The highest BCUT2D eigenvalue weighted by atomic mass is 32.2. The van der Waals surface area contributed by atoms with E-state index in [2.05, 4.69) is 14.9 Å². The number of sulfonamides is 1. The molecule has 2 aromatic rings. The predicted molar refractivity (Wildman–Crippen MR) is 128 cm³/mol. The second kappa shape index (κ2) is 9.18. The molecule has 1 saturated carbocycles. The average Bonchev–Trinajstić information content (AvgIpc) is 3.54. The Hall–Kier alpha value is -2.85. The lowest BCUT2D eigenvalue weighted by molar-refractivity contribution is 0.102. The van der Waals surface area contributed by atoms with Crippen molar-refractivity contribution in [1.82, 2.24) is 4.57 Å². The van der Waals surface area contributed by atoms with Crippen LogP contribution >= 0.6 is 0 Å². The van der Waals surface area contributed by atoms with Gasteiger partial charge in [0.2, 0.25) is 10.0 Å². The molecule has 1 spiro atoms. The number of hydrogen-bond donors (Lipinski definition) is 3. The van der Waals surface area contributed by atoms with Gasteiger partial charge in [-0.15, -0.1) is 0 Å². The van der Waals surface area contributed by atoms with E-state index in [1.807, 2.05) is 6.92 Å². The first kappa shape index (κ1) is 23.3. The van der Waals surface area contributed by atoms with Gasteiger partial charge in [0.15, 0.2) is 0 Å². The van der Waals surface area contributed by atoms with Gasteiger partial charge >= 0.3 is 0 Å². The van der Waals surface area contributed by atoms with Crippen LogP contribution in [0.4, 0.5) is 17.1 Å². The number of benzene rings is 1. The molecule has 0 unspecified atom stereocenters. The van der Waals surface area contributed by atoms with Crippen molar-refractivity contribution in [2.45, 2.75) is 39.2 Å². The van der Waals surface area contributed by atoms with E-state index in [0.29, 0.717) is 28.9 Å². The zero-order valence-electron chi connectivity index (χ0n) is 18.7. The van der Waals surface area contributed by atoms with Crippen molar-refractivity contribution >= 4 is 33.0 Å². The minimum atomic E-state index is -3.70. The molecule has 1 amide bonds. The van der Waals surface area contributed by atoms with Crippen LogP contribution < -0.4 is 20.5 Å². The lowest BCUT2D eigenvalue weighted by atomic mass is 9.93. The zero-order chi connectivity index (χ0) is 23.6. The van der Waals surface area contributed by atoms with Crippen molar-refractivity contribution in [3.63, 3.8) is 0 Å². The third-order valence-electron chi connectivity index (χ3n) is 6.61. The first-order valence-electron chi connectivity index (χ1n) is 11.3. The van der Waals surface area contributed by atoms with Gasteiger partial charge in [-0.25, -0.2) is 8.42 Å². The summed E-state index contributed by atoms with van der Waals surface area (Å²) in [6.07, 6.45) is 6.22. The molecular weight excluding hydrogens is 444 g/mol. The Morgan fingerprint density at radius 1 is 1.15 bits per heavy atom. The maximum Gasteiger partial charge on any atom is 0.274 e. The molecule has 0 bridgehead atoms. The summed E-state index contributed by atoms with van der Waals surface area (Å²) in [5.41, 5.74) is 1.68. The minimum absolute atomic E-state index is 0.193. The topological polar surface area (TPSA) is 121 Å². The van der Waals surface area contributed by atoms with Gasteiger partial charge in [-0.05, 0) is 68.4 Å². The Labute approximate surface area is 193 Å². The zero-order valence-corrected chi connectivity index (χ0v) is 19.5. The number of aromatic nitrogens is 1. The van der Waals surface area contributed by atoms with Crippen molar-refractivity contribution in [3.8, 4) is 0 Å². The Balaban J connectivity index is 1.64. The second-order valence-corrected chi connectivity index (χ2v) is 10.7.